The van der Waals surface area contributed by atoms with Crippen LogP contribution in [0.15, 0.2) is 42.5 Å². The summed E-state index contributed by atoms with van der Waals surface area (Å²) in [6.45, 7) is 4.00. The van der Waals surface area contributed by atoms with Crippen LogP contribution in [0, 0.1) is 13.8 Å². The Bertz CT molecular complexity index is 851. The van der Waals surface area contributed by atoms with Gasteiger partial charge in [0.1, 0.15) is 5.75 Å². The summed E-state index contributed by atoms with van der Waals surface area (Å²) in [6.07, 6.45) is 0. The maximum absolute atomic E-state index is 12.4. The Kier molecular flexibility index (Phi) is 3.86. The Labute approximate surface area is 133 Å². The van der Waals surface area contributed by atoms with Crippen LogP contribution in [0.1, 0.15) is 20.8 Å². The zero-order valence-electron chi connectivity index (χ0n) is 12.8. The van der Waals surface area contributed by atoms with E-state index in [4.69, 9.17) is 4.74 Å². The topological polar surface area (TPSA) is 38.3 Å². The number of aryl methyl sites for hydroxylation is 2. The minimum atomic E-state index is -0.0767. The highest BCUT2D eigenvalue weighted by Crippen LogP contribution is 2.28. The number of carbonyl (C=O) groups is 1. The van der Waals surface area contributed by atoms with Crippen molar-refractivity contribution in [2.45, 2.75) is 13.8 Å². The van der Waals surface area contributed by atoms with E-state index in [-0.39, 0.29) is 5.91 Å². The van der Waals surface area contributed by atoms with Gasteiger partial charge in [0.05, 0.1) is 12.0 Å². The molecule has 0 saturated heterocycles. The molecule has 1 N–H and O–H groups in total. The van der Waals surface area contributed by atoms with Crippen LogP contribution < -0.4 is 10.1 Å². The monoisotopic (exact) mass is 311 g/mol. The van der Waals surface area contributed by atoms with Crippen LogP contribution in [0.2, 0.25) is 0 Å². The van der Waals surface area contributed by atoms with Crippen molar-refractivity contribution in [1.29, 1.82) is 0 Å². The number of hydrogen-bond donors (Lipinski definition) is 1. The van der Waals surface area contributed by atoms with Crippen LogP contribution >= 0.6 is 11.3 Å². The normalized spacial score (nSPS) is 10.7. The minimum Gasteiger partial charge on any atom is -0.497 e. The average molecular weight is 311 g/mol. The molecule has 0 fully saturated rings. The smallest absolute Gasteiger partial charge is 0.265 e. The van der Waals surface area contributed by atoms with Crippen molar-refractivity contribution in [3.63, 3.8) is 0 Å². The van der Waals surface area contributed by atoms with E-state index < -0.39 is 0 Å². The van der Waals surface area contributed by atoms with Crippen molar-refractivity contribution < 1.29 is 9.53 Å². The number of benzene rings is 2. The van der Waals surface area contributed by atoms with Gasteiger partial charge in [0.15, 0.2) is 0 Å². The van der Waals surface area contributed by atoms with Crippen molar-refractivity contribution in [2.24, 2.45) is 0 Å². The Balaban J connectivity index is 1.86. The molecule has 1 amide bonds. The third-order valence-corrected chi connectivity index (χ3v) is 4.69. The lowest BCUT2D eigenvalue weighted by molar-refractivity contribution is 0.103. The second-order valence-corrected chi connectivity index (χ2v) is 6.37. The standard InChI is InChI=1S/C18H17NO2S/c1-11-4-7-16-13(8-11)10-17(22-16)18(20)19-15-6-5-14(21-3)9-12(15)2/h4-10H,1-3H3,(H,19,20). The fraction of sp³-hybridized carbons (Fsp3) is 0.167. The first-order valence-corrected chi connectivity index (χ1v) is 7.84. The fourth-order valence-electron chi connectivity index (χ4n) is 2.36. The van der Waals surface area contributed by atoms with Crippen molar-refractivity contribution in [1.82, 2.24) is 0 Å². The quantitative estimate of drug-likeness (QED) is 0.756. The van der Waals surface area contributed by atoms with Crippen LogP contribution in [-0.4, -0.2) is 13.0 Å². The molecule has 3 aromatic rings. The van der Waals surface area contributed by atoms with E-state index in [1.54, 1.807) is 7.11 Å². The molecule has 0 radical (unpaired) electrons. The number of nitrogens with one attached hydrogen (secondary N) is 1. The highest BCUT2D eigenvalue weighted by Gasteiger charge is 2.12. The lowest BCUT2D eigenvalue weighted by Gasteiger charge is -2.09. The van der Waals surface area contributed by atoms with Crippen molar-refractivity contribution in [3.8, 4) is 5.75 Å². The first kappa shape index (κ1) is 14.6. The van der Waals surface area contributed by atoms with E-state index in [1.807, 2.05) is 31.2 Å². The van der Waals surface area contributed by atoms with Gasteiger partial charge >= 0.3 is 0 Å². The van der Waals surface area contributed by atoms with Gasteiger partial charge in [-0.1, -0.05) is 17.7 Å². The van der Waals surface area contributed by atoms with Gasteiger partial charge in [0, 0.05) is 10.4 Å². The van der Waals surface area contributed by atoms with Crippen LogP contribution in [-0.2, 0) is 0 Å². The van der Waals surface area contributed by atoms with Crippen molar-refractivity contribution in [2.75, 3.05) is 12.4 Å². The van der Waals surface area contributed by atoms with Gasteiger partial charge in [0.2, 0.25) is 0 Å². The van der Waals surface area contributed by atoms with Crippen molar-refractivity contribution in [3.05, 3.63) is 58.5 Å². The summed E-state index contributed by atoms with van der Waals surface area (Å²) in [7, 11) is 1.63. The number of fused-ring (bicyclic) bond motifs is 1. The average Bonchev–Trinajstić information content (AvgIpc) is 2.92. The Morgan fingerprint density at radius 1 is 1.09 bits per heavy atom. The maximum atomic E-state index is 12.4. The van der Waals surface area contributed by atoms with Gasteiger partial charge in [-0.3, -0.25) is 4.79 Å². The Morgan fingerprint density at radius 3 is 2.64 bits per heavy atom. The summed E-state index contributed by atoms with van der Waals surface area (Å²) >= 11 is 1.51. The Hall–Kier alpha value is -2.33. The fourth-order valence-corrected chi connectivity index (χ4v) is 3.30. The third kappa shape index (κ3) is 2.83. The molecule has 0 spiro atoms. The molecule has 0 aliphatic heterocycles. The third-order valence-electron chi connectivity index (χ3n) is 3.58. The SMILES string of the molecule is COc1ccc(NC(=O)c2cc3cc(C)ccc3s2)c(C)c1. The molecule has 0 saturated carbocycles. The molecule has 0 bridgehead atoms. The van der Waals surface area contributed by atoms with Gasteiger partial charge in [-0.05, 0) is 55.1 Å². The van der Waals surface area contributed by atoms with Crippen LogP contribution in [0.5, 0.6) is 5.75 Å². The summed E-state index contributed by atoms with van der Waals surface area (Å²) < 4.78 is 6.31. The number of methoxy groups -OCH3 is 1. The van der Waals surface area contributed by atoms with Gasteiger partial charge in [-0.15, -0.1) is 11.3 Å². The lowest BCUT2D eigenvalue weighted by Crippen LogP contribution is -2.11. The van der Waals surface area contributed by atoms with E-state index in [2.05, 4.69) is 30.4 Å². The lowest BCUT2D eigenvalue weighted by atomic mass is 10.1. The van der Waals surface area contributed by atoms with Gasteiger partial charge in [-0.2, -0.15) is 0 Å². The van der Waals surface area contributed by atoms with E-state index in [9.17, 15) is 4.79 Å². The minimum absolute atomic E-state index is 0.0767. The molecule has 2 aromatic carbocycles. The molecule has 0 atom stereocenters. The zero-order chi connectivity index (χ0) is 15.7. The molecular weight excluding hydrogens is 294 g/mol. The molecule has 0 unspecified atom stereocenters. The molecule has 4 heteroatoms. The number of anilines is 1. The van der Waals surface area contributed by atoms with Gasteiger partial charge in [0.25, 0.3) is 5.91 Å². The molecule has 3 nitrogen and oxygen atoms in total. The maximum Gasteiger partial charge on any atom is 0.265 e. The molecule has 1 heterocycles. The summed E-state index contributed by atoms with van der Waals surface area (Å²) in [5.74, 6) is 0.708. The van der Waals surface area contributed by atoms with E-state index in [0.29, 0.717) is 0 Å². The van der Waals surface area contributed by atoms with Crippen LogP contribution in [0.3, 0.4) is 0 Å². The highest BCUT2D eigenvalue weighted by molar-refractivity contribution is 7.20. The second kappa shape index (κ2) is 5.81. The summed E-state index contributed by atoms with van der Waals surface area (Å²) in [5, 5.41) is 4.08. The Morgan fingerprint density at radius 2 is 1.91 bits per heavy atom. The number of thiophene rings is 1. The molecule has 1 aromatic heterocycles. The number of ether oxygens (including phenoxy) is 1. The van der Waals surface area contributed by atoms with Gasteiger partial charge in [-0.25, -0.2) is 0 Å². The summed E-state index contributed by atoms with van der Waals surface area (Å²) in [6, 6.07) is 13.8. The molecule has 112 valence electrons. The predicted octanol–water partition coefficient (Wildman–Crippen LogP) is 4.78. The zero-order valence-corrected chi connectivity index (χ0v) is 13.6. The molecule has 0 aliphatic rings. The second-order valence-electron chi connectivity index (χ2n) is 5.29. The van der Waals surface area contributed by atoms with E-state index in [1.165, 1.54) is 16.9 Å². The van der Waals surface area contributed by atoms with E-state index in [0.717, 1.165) is 32.0 Å². The molecule has 3 rings (SSSR count). The van der Waals surface area contributed by atoms with E-state index >= 15 is 0 Å². The largest absolute Gasteiger partial charge is 0.497 e. The van der Waals surface area contributed by atoms with Gasteiger partial charge < -0.3 is 10.1 Å². The molecular formula is C18H17NO2S. The van der Waals surface area contributed by atoms with Crippen LogP contribution in [0.25, 0.3) is 10.1 Å². The number of hydrogen-bond acceptors (Lipinski definition) is 3. The number of carbonyl (C=O) groups excluding carboxylic acids is 1. The summed E-state index contributed by atoms with van der Waals surface area (Å²) in [5.41, 5.74) is 2.98. The van der Waals surface area contributed by atoms with Crippen molar-refractivity contribution >= 4 is 33.0 Å². The van der Waals surface area contributed by atoms with Crippen LogP contribution in [0.4, 0.5) is 5.69 Å². The summed E-state index contributed by atoms with van der Waals surface area (Å²) in [4.78, 5) is 13.2. The predicted molar refractivity (Wildman–Crippen MR) is 92.2 cm³/mol. The first-order chi connectivity index (χ1) is 10.6. The number of amides is 1. The molecule has 0 aliphatic carbocycles. The highest BCUT2D eigenvalue weighted by atomic mass is 32.1. The number of rotatable bonds is 3. The molecule has 22 heavy (non-hydrogen) atoms. The first-order valence-electron chi connectivity index (χ1n) is 7.03.